The first-order chi connectivity index (χ1) is 9.61. The molecule has 104 valence electrons. The lowest BCUT2D eigenvalue weighted by Crippen LogP contribution is -2.33. The van der Waals surface area contributed by atoms with Gasteiger partial charge in [0.15, 0.2) is 0 Å². The predicted molar refractivity (Wildman–Crippen MR) is 78.6 cm³/mol. The van der Waals surface area contributed by atoms with Gasteiger partial charge in [-0.1, -0.05) is 29.8 Å². The van der Waals surface area contributed by atoms with E-state index in [0.717, 1.165) is 0 Å². The Bertz CT molecular complexity index is 589. The Morgan fingerprint density at radius 2 is 1.90 bits per heavy atom. The smallest absolute Gasteiger partial charge is 0.488 e. The molecule has 0 fully saturated rings. The summed E-state index contributed by atoms with van der Waals surface area (Å²) in [5.74, 6) is 1.16. The van der Waals surface area contributed by atoms with E-state index in [0.29, 0.717) is 27.5 Å². The topological polar surface area (TPSA) is 58.9 Å². The number of ether oxygens (including phenoxy) is 2. The molecule has 0 aliphatic carbocycles. The Hall–Kier alpha value is -1.69. The van der Waals surface area contributed by atoms with Gasteiger partial charge in [-0.15, -0.1) is 0 Å². The fraction of sp³-hybridized carbons (Fsp3) is 0.143. The maximum absolute atomic E-state index is 9.35. The van der Waals surface area contributed by atoms with Crippen LogP contribution in [0.25, 0.3) is 0 Å². The summed E-state index contributed by atoms with van der Waals surface area (Å²) in [6, 6.07) is 12.0. The molecule has 0 unspecified atom stereocenters. The number of rotatable bonds is 5. The van der Waals surface area contributed by atoms with Crippen LogP contribution in [0.3, 0.4) is 0 Å². The van der Waals surface area contributed by atoms with Crippen molar-refractivity contribution in [1.82, 2.24) is 0 Å². The third kappa shape index (κ3) is 3.45. The third-order valence-corrected chi connectivity index (χ3v) is 3.16. The molecule has 6 heteroatoms. The first kappa shape index (κ1) is 14.7. The van der Waals surface area contributed by atoms with E-state index < -0.39 is 7.12 Å². The number of hydrogen-bond donors (Lipinski definition) is 2. The SMILES string of the molecule is COc1ccc(B(O)O)c(COc2ccccc2Cl)c1. The molecule has 0 aromatic heterocycles. The molecule has 2 N–H and O–H groups in total. The second kappa shape index (κ2) is 6.66. The standard InChI is InChI=1S/C14H14BClO4/c1-19-11-6-7-12(15(17)18)10(8-11)9-20-14-5-3-2-4-13(14)16/h2-8,17-18H,9H2,1H3. The van der Waals surface area contributed by atoms with Crippen molar-refractivity contribution >= 4 is 24.2 Å². The molecule has 0 heterocycles. The van der Waals surface area contributed by atoms with E-state index in [-0.39, 0.29) is 6.61 Å². The van der Waals surface area contributed by atoms with Crippen molar-refractivity contribution in [2.24, 2.45) is 0 Å². The summed E-state index contributed by atoms with van der Waals surface area (Å²) in [5.41, 5.74) is 0.997. The molecule has 2 aromatic carbocycles. The van der Waals surface area contributed by atoms with E-state index in [1.807, 2.05) is 12.1 Å². The highest BCUT2D eigenvalue weighted by Crippen LogP contribution is 2.24. The van der Waals surface area contributed by atoms with Crippen LogP contribution >= 0.6 is 11.6 Å². The van der Waals surface area contributed by atoms with Crippen LogP contribution in [-0.2, 0) is 6.61 Å². The van der Waals surface area contributed by atoms with E-state index >= 15 is 0 Å². The quantitative estimate of drug-likeness (QED) is 0.822. The highest BCUT2D eigenvalue weighted by molar-refractivity contribution is 6.59. The second-order valence-electron chi connectivity index (χ2n) is 4.16. The van der Waals surface area contributed by atoms with Gasteiger partial charge in [-0.25, -0.2) is 0 Å². The van der Waals surface area contributed by atoms with Gasteiger partial charge in [-0.05, 0) is 35.3 Å². The summed E-state index contributed by atoms with van der Waals surface area (Å²) in [6.07, 6.45) is 0. The molecule has 0 bridgehead atoms. The minimum Gasteiger partial charge on any atom is -0.497 e. The van der Waals surface area contributed by atoms with Gasteiger partial charge >= 0.3 is 7.12 Å². The van der Waals surface area contributed by atoms with E-state index in [1.165, 1.54) is 0 Å². The van der Waals surface area contributed by atoms with Gasteiger partial charge in [0.1, 0.15) is 18.1 Å². The lowest BCUT2D eigenvalue weighted by atomic mass is 9.77. The van der Waals surface area contributed by atoms with E-state index in [9.17, 15) is 10.0 Å². The molecular formula is C14H14BClO4. The number of benzene rings is 2. The van der Waals surface area contributed by atoms with Gasteiger partial charge in [0.2, 0.25) is 0 Å². The van der Waals surface area contributed by atoms with Crippen LogP contribution in [0.5, 0.6) is 11.5 Å². The lowest BCUT2D eigenvalue weighted by molar-refractivity contribution is 0.305. The highest BCUT2D eigenvalue weighted by atomic mass is 35.5. The van der Waals surface area contributed by atoms with Crippen LogP contribution in [-0.4, -0.2) is 24.3 Å². The van der Waals surface area contributed by atoms with E-state index in [1.54, 1.807) is 37.4 Å². The molecule has 0 atom stereocenters. The Morgan fingerprint density at radius 1 is 1.15 bits per heavy atom. The Balaban J connectivity index is 2.21. The Labute approximate surface area is 122 Å². The molecule has 20 heavy (non-hydrogen) atoms. The summed E-state index contributed by atoms with van der Waals surface area (Å²) in [7, 11) is -0.0194. The van der Waals surface area contributed by atoms with Crippen molar-refractivity contribution in [2.75, 3.05) is 7.11 Å². The first-order valence-corrected chi connectivity index (χ1v) is 6.40. The molecule has 4 nitrogen and oxygen atoms in total. The van der Waals surface area contributed by atoms with Gasteiger partial charge in [0.05, 0.1) is 12.1 Å². The molecule has 0 spiro atoms. The zero-order chi connectivity index (χ0) is 14.5. The maximum Gasteiger partial charge on any atom is 0.488 e. The molecule has 0 saturated heterocycles. The molecule has 0 aliphatic rings. The van der Waals surface area contributed by atoms with Gasteiger partial charge in [-0.2, -0.15) is 0 Å². The molecule has 0 radical (unpaired) electrons. The molecule has 2 aromatic rings. The lowest BCUT2D eigenvalue weighted by Gasteiger charge is -2.13. The van der Waals surface area contributed by atoms with Crippen molar-refractivity contribution in [3.63, 3.8) is 0 Å². The molecule has 0 amide bonds. The van der Waals surface area contributed by atoms with Crippen LogP contribution in [0.2, 0.25) is 5.02 Å². The van der Waals surface area contributed by atoms with Crippen molar-refractivity contribution in [3.05, 3.63) is 53.1 Å². The molecule has 0 saturated carbocycles. The normalized spacial score (nSPS) is 10.2. The number of halogens is 1. The van der Waals surface area contributed by atoms with Crippen molar-refractivity contribution in [2.45, 2.75) is 6.61 Å². The van der Waals surface area contributed by atoms with Crippen molar-refractivity contribution < 1.29 is 19.5 Å². The van der Waals surface area contributed by atoms with Crippen LogP contribution in [0.15, 0.2) is 42.5 Å². The first-order valence-electron chi connectivity index (χ1n) is 6.02. The minimum atomic E-state index is -1.56. The monoisotopic (exact) mass is 292 g/mol. The summed E-state index contributed by atoms with van der Waals surface area (Å²) in [6.45, 7) is 0.161. The summed E-state index contributed by atoms with van der Waals surface area (Å²) in [4.78, 5) is 0. The predicted octanol–water partition coefficient (Wildman–Crippen LogP) is 1.61. The number of hydrogen-bond acceptors (Lipinski definition) is 4. The largest absolute Gasteiger partial charge is 0.497 e. The van der Waals surface area contributed by atoms with E-state index in [2.05, 4.69) is 0 Å². The minimum absolute atomic E-state index is 0.161. The molecular weight excluding hydrogens is 278 g/mol. The van der Waals surface area contributed by atoms with Crippen molar-refractivity contribution in [1.29, 1.82) is 0 Å². The Morgan fingerprint density at radius 3 is 2.55 bits per heavy atom. The fourth-order valence-electron chi connectivity index (χ4n) is 1.80. The summed E-state index contributed by atoms with van der Waals surface area (Å²) < 4.78 is 10.7. The number of para-hydroxylation sites is 1. The zero-order valence-electron chi connectivity index (χ0n) is 10.9. The molecule has 0 aliphatic heterocycles. The maximum atomic E-state index is 9.35. The zero-order valence-corrected chi connectivity index (χ0v) is 11.7. The van der Waals surface area contributed by atoms with Gasteiger partial charge in [-0.3, -0.25) is 0 Å². The summed E-state index contributed by atoms with van der Waals surface area (Å²) >= 11 is 6.00. The fourth-order valence-corrected chi connectivity index (χ4v) is 1.99. The van der Waals surface area contributed by atoms with Gasteiger partial charge in [0, 0.05) is 0 Å². The van der Waals surface area contributed by atoms with Crippen LogP contribution < -0.4 is 14.9 Å². The highest BCUT2D eigenvalue weighted by Gasteiger charge is 2.17. The van der Waals surface area contributed by atoms with Gasteiger partial charge in [0.25, 0.3) is 0 Å². The number of methoxy groups -OCH3 is 1. The average Bonchev–Trinajstić information content (AvgIpc) is 2.46. The van der Waals surface area contributed by atoms with E-state index in [4.69, 9.17) is 21.1 Å². The second-order valence-corrected chi connectivity index (χ2v) is 4.56. The third-order valence-electron chi connectivity index (χ3n) is 2.85. The van der Waals surface area contributed by atoms with Gasteiger partial charge < -0.3 is 19.5 Å². The molecule has 2 rings (SSSR count). The average molecular weight is 293 g/mol. The summed E-state index contributed by atoms with van der Waals surface area (Å²) in [5, 5.41) is 19.2. The van der Waals surface area contributed by atoms with Crippen LogP contribution in [0.4, 0.5) is 0 Å². The van der Waals surface area contributed by atoms with Crippen molar-refractivity contribution in [3.8, 4) is 11.5 Å². The van der Waals surface area contributed by atoms with Crippen LogP contribution in [0, 0.1) is 0 Å². The van der Waals surface area contributed by atoms with Crippen LogP contribution in [0.1, 0.15) is 5.56 Å². The Kier molecular flexibility index (Phi) is 4.90.